The normalized spacial score (nSPS) is 16.1. The lowest BCUT2D eigenvalue weighted by molar-refractivity contribution is -0.145. The zero-order valence-electron chi connectivity index (χ0n) is 15.0. The van der Waals surface area contributed by atoms with Crippen molar-refractivity contribution < 1.29 is 19.1 Å². The second kappa shape index (κ2) is 10.0. The Bertz CT molecular complexity index is 553. The number of ether oxygens (including phenoxy) is 2. The fourth-order valence-corrected chi connectivity index (χ4v) is 3.03. The summed E-state index contributed by atoms with van der Waals surface area (Å²) in [7, 11) is 1.38. The summed E-state index contributed by atoms with van der Waals surface area (Å²) < 4.78 is 10.3. The summed E-state index contributed by atoms with van der Waals surface area (Å²) in [6.07, 6.45) is 2.20. The van der Waals surface area contributed by atoms with Crippen molar-refractivity contribution in [3.05, 3.63) is 29.8 Å². The van der Waals surface area contributed by atoms with Crippen molar-refractivity contribution in [3.8, 4) is 5.75 Å². The van der Waals surface area contributed by atoms with Gasteiger partial charge in [-0.25, -0.2) is 0 Å². The molecule has 1 aliphatic rings. The predicted molar refractivity (Wildman–Crippen MR) is 95.4 cm³/mol. The molecule has 1 atom stereocenters. The smallest absolute Gasteiger partial charge is 0.310 e. The van der Waals surface area contributed by atoms with Gasteiger partial charge < -0.3 is 20.1 Å². The van der Waals surface area contributed by atoms with Crippen molar-refractivity contribution in [2.45, 2.75) is 26.2 Å². The van der Waals surface area contributed by atoms with Crippen molar-refractivity contribution >= 4 is 11.9 Å². The van der Waals surface area contributed by atoms with E-state index in [4.69, 9.17) is 9.47 Å². The van der Waals surface area contributed by atoms with E-state index >= 15 is 0 Å². The van der Waals surface area contributed by atoms with E-state index in [1.54, 1.807) is 0 Å². The van der Waals surface area contributed by atoms with Crippen LogP contribution in [0.15, 0.2) is 24.3 Å². The summed E-state index contributed by atoms with van der Waals surface area (Å²) >= 11 is 0. The monoisotopic (exact) mass is 348 g/mol. The van der Waals surface area contributed by atoms with Gasteiger partial charge >= 0.3 is 5.97 Å². The van der Waals surface area contributed by atoms with Gasteiger partial charge in [-0.3, -0.25) is 9.59 Å². The molecule has 1 unspecified atom stereocenters. The van der Waals surface area contributed by atoms with Crippen molar-refractivity contribution in [1.29, 1.82) is 0 Å². The topological polar surface area (TPSA) is 76.7 Å². The van der Waals surface area contributed by atoms with Crippen molar-refractivity contribution in [1.82, 2.24) is 10.6 Å². The van der Waals surface area contributed by atoms with Crippen LogP contribution >= 0.6 is 0 Å². The maximum atomic E-state index is 12.3. The highest BCUT2D eigenvalue weighted by Gasteiger charge is 2.24. The number of amides is 1. The minimum Gasteiger partial charge on any atom is -0.494 e. The lowest BCUT2D eigenvalue weighted by Gasteiger charge is -2.23. The molecule has 6 heteroatoms. The van der Waals surface area contributed by atoms with Gasteiger partial charge in [-0.2, -0.15) is 0 Å². The molecule has 2 N–H and O–H groups in total. The van der Waals surface area contributed by atoms with Crippen LogP contribution in [-0.4, -0.2) is 45.2 Å². The van der Waals surface area contributed by atoms with Crippen molar-refractivity contribution in [3.63, 3.8) is 0 Å². The molecule has 1 heterocycles. The van der Waals surface area contributed by atoms with Crippen LogP contribution in [0.1, 0.15) is 25.3 Å². The molecule has 25 heavy (non-hydrogen) atoms. The van der Waals surface area contributed by atoms with E-state index in [0.29, 0.717) is 19.6 Å². The number of nitrogens with one attached hydrogen (secondary N) is 2. The third-order valence-corrected chi connectivity index (χ3v) is 4.48. The van der Waals surface area contributed by atoms with Crippen LogP contribution in [0, 0.1) is 11.8 Å². The van der Waals surface area contributed by atoms with Gasteiger partial charge in [0.05, 0.1) is 19.6 Å². The predicted octanol–water partition coefficient (Wildman–Crippen LogP) is 1.53. The van der Waals surface area contributed by atoms with Crippen LogP contribution in [0.3, 0.4) is 0 Å². The Kier molecular flexibility index (Phi) is 7.73. The number of rotatable bonds is 8. The molecule has 0 aromatic heterocycles. The molecule has 0 saturated carbocycles. The second-order valence-corrected chi connectivity index (χ2v) is 6.27. The molecule has 0 radical (unpaired) electrons. The molecule has 138 valence electrons. The van der Waals surface area contributed by atoms with Crippen molar-refractivity contribution in [2.75, 3.05) is 33.4 Å². The SMILES string of the molecule is CCOc1ccc(CC(CNC(=O)C2CCNCC2)C(=O)OC)cc1. The first kappa shape index (κ1) is 19.2. The van der Waals surface area contributed by atoms with Crippen LogP contribution in [0.25, 0.3) is 0 Å². The van der Waals surface area contributed by atoms with E-state index in [0.717, 1.165) is 37.2 Å². The number of benzene rings is 1. The lowest BCUT2D eigenvalue weighted by atomic mass is 9.96. The summed E-state index contributed by atoms with van der Waals surface area (Å²) in [4.78, 5) is 24.3. The molecular formula is C19H28N2O4. The van der Waals surface area contributed by atoms with Crippen molar-refractivity contribution in [2.24, 2.45) is 11.8 Å². The maximum Gasteiger partial charge on any atom is 0.310 e. The molecule has 0 bridgehead atoms. The minimum absolute atomic E-state index is 0.0297. The molecule has 2 rings (SSSR count). The lowest BCUT2D eigenvalue weighted by Crippen LogP contribution is -2.41. The third-order valence-electron chi connectivity index (χ3n) is 4.48. The fourth-order valence-electron chi connectivity index (χ4n) is 3.03. The largest absolute Gasteiger partial charge is 0.494 e. The van der Waals surface area contributed by atoms with Crippen LogP contribution in [0.4, 0.5) is 0 Å². The Labute approximate surface area is 149 Å². The molecule has 6 nitrogen and oxygen atoms in total. The number of carbonyl (C=O) groups is 2. The summed E-state index contributed by atoms with van der Waals surface area (Å²) in [5.74, 6) is 0.167. The summed E-state index contributed by atoms with van der Waals surface area (Å²) in [6, 6.07) is 7.66. The fraction of sp³-hybridized carbons (Fsp3) is 0.579. The highest BCUT2D eigenvalue weighted by molar-refractivity contribution is 5.80. The zero-order chi connectivity index (χ0) is 18.1. The number of hydrogen-bond donors (Lipinski definition) is 2. The molecule has 1 amide bonds. The van der Waals surface area contributed by atoms with Crippen LogP contribution in [-0.2, 0) is 20.7 Å². The van der Waals surface area contributed by atoms with Gasteiger partial charge in [-0.05, 0) is 57.0 Å². The second-order valence-electron chi connectivity index (χ2n) is 6.27. The Balaban J connectivity index is 1.91. The zero-order valence-corrected chi connectivity index (χ0v) is 15.0. The van der Waals surface area contributed by atoms with E-state index in [9.17, 15) is 9.59 Å². The number of methoxy groups -OCH3 is 1. The average molecular weight is 348 g/mol. The van der Waals surface area contributed by atoms with E-state index in [1.165, 1.54) is 7.11 Å². The van der Waals surface area contributed by atoms with Crippen LogP contribution < -0.4 is 15.4 Å². The average Bonchev–Trinajstić information content (AvgIpc) is 2.66. The first-order chi connectivity index (χ1) is 12.1. The third kappa shape index (κ3) is 6.05. The highest BCUT2D eigenvalue weighted by atomic mass is 16.5. The maximum absolute atomic E-state index is 12.3. The molecule has 1 aliphatic heterocycles. The summed E-state index contributed by atoms with van der Waals surface area (Å²) in [5.41, 5.74) is 1.01. The van der Waals surface area contributed by atoms with Gasteiger partial charge in [-0.15, -0.1) is 0 Å². The molecule has 1 aromatic rings. The van der Waals surface area contributed by atoms with E-state index < -0.39 is 5.92 Å². The minimum atomic E-state index is -0.395. The van der Waals surface area contributed by atoms with Gasteiger partial charge in [0.25, 0.3) is 0 Å². The summed E-state index contributed by atoms with van der Waals surface area (Å²) in [5, 5.41) is 6.17. The number of hydrogen-bond acceptors (Lipinski definition) is 5. The molecular weight excluding hydrogens is 320 g/mol. The quantitative estimate of drug-likeness (QED) is 0.697. The standard InChI is InChI=1S/C19H28N2O4/c1-3-25-17-6-4-14(5-7-17)12-16(19(23)24-2)13-21-18(22)15-8-10-20-11-9-15/h4-7,15-16,20H,3,8-13H2,1-2H3,(H,21,22). The van der Waals surface area contributed by atoms with Gasteiger partial charge in [0.1, 0.15) is 5.75 Å². The Morgan fingerprint density at radius 1 is 1.24 bits per heavy atom. The first-order valence-corrected chi connectivity index (χ1v) is 8.92. The van der Waals surface area contributed by atoms with Gasteiger partial charge in [0.15, 0.2) is 0 Å². The Hall–Kier alpha value is -2.08. The van der Waals surface area contributed by atoms with Crippen LogP contribution in [0.2, 0.25) is 0 Å². The molecule has 1 aromatic carbocycles. The Morgan fingerprint density at radius 2 is 1.92 bits per heavy atom. The van der Waals surface area contributed by atoms with Crippen LogP contribution in [0.5, 0.6) is 5.75 Å². The molecule has 0 spiro atoms. The van der Waals surface area contributed by atoms with E-state index in [2.05, 4.69) is 10.6 Å². The summed E-state index contributed by atoms with van der Waals surface area (Å²) in [6.45, 7) is 4.58. The van der Waals surface area contributed by atoms with Gasteiger partial charge in [0.2, 0.25) is 5.91 Å². The molecule has 1 saturated heterocycles. The van der Waals surface area contributed by atoms with E-state index in [-0.39, 0.29) is 17.8 Å². The van der Waals surface area contributed by atoms with Gasteiger partial charge in [-0.1, -0.05) is 12.1 Å². The van der Waals surface area contributed by atoms with Gasteiger partial charge in [0, 0.05) is 12.5 Å². The highest BCUT2D eigenvalue weighted by Crippen LogP contribution is 2.17. The number of carbonyl (C=O) groups excluding carboxylic acids is 2. The Morgan fingerprint density at radius 3 is 2.52 bits per heavy atom. The first-order valence-electron chi connectivity index (χ1n) is 8.92. The number of piperidine rings is 1. The van der Waals surface area contributed by atoms with E-state index in [1.807, 2.05) is 31.2 Å². The molecule has 0 aliphatic carbocycles. The number of esters is 1. The molecule has 1 fully saturated rings.